The minimum absolute atomic E-state index is 0.302. The summed E-state index contributed by atoms with van der Waals surface area (Å²) in [5, 5.41) is 0.641. The minimum atomic E-state index is -0.375. The van der Waals surface area contributed by atoms with E-state index < -0.39 is 0 Å². The van der Waals surface area contributed by atoms with Crippen molar-refractivity contribution in [2.45, 2.75) is 6.92 Å². The van der Waals surface area contributed by atoms with Gasteiger partial charge in [-0.15, -0.1) is 0 Å². The van der Waals surface area contributed by atoms with E-state index in [4.69, 9.17) is 4.74 Å². The maximum absolute atomic E-state index is 13.6. The van der Waals surface area contributed by atoms with Crippen molar-refractivity contribution < 1.29 is 13.5 Å². The maximum Gasteiger partial charge on any atom is 0.149 e. The second kappa shape index (κ2) is 4.89. The first-order chi connectivity index (χ1) is 9.63. The van der Waals surface area contributed by atoms with E-state index in [2.05, 4.69) is 4.98 Å². The Bertz CT molecular complexity index is 787. The van der Waals surface area contributed by atoms with Crippen molar-refractivity contribution in [2.75, 3.05) is 0 Å². The molecular weight excluding hydrogens is 260 g/mol. The van der Waals surface area contributed by atoms with Crippen LogP contribution in [0.2, 0.25) is 0 Å². The lowest BCUT2D eigenvalue weighted by Gasteiger charge is -2.10. The van der Waals surface area contributed by atoms with Gasteiger partial charge in [-0.3, -0.25) is 0 Å². The molecular formula is C16H11F2NO. The SMILES string of the molecule is Cc1nc2c(F)cccc2cc1Oc1cccc(F)c1. The van der Waals surface area contributed by atoms with Crippen LogP contribution in [0.5, 0.6) is 11.5 Å². The first-order valence-corrected chi connectivity index (χ1v) is 6.13. The normalized spacial score (nSPS) is 10.8. The Hall–Kier alpha value is -2.49. The minimum Gasteiger partial charge on any atom is -0.455 e. The second-order valence-corrected chi connectivity index (χ2v) is 4.44. The van der Waals surface area contributed by atoms with E-state index in [0.29, 0.717) is 28.1 Å². The van der Waals surface area contributed by atoms with Crippen molar-refractivity contribution in [1.82, 2.24) is 4.98 Å². The second-order valence-electron chi connectivity index (χ2n) is 4.44. The Morgan fingerprint density at radius 2 is 1.80 bits per heavy atom. The zero-order valence-electron chi connectivity index (χ0n) is 10.7. The predicted molar refractivity (Wildman–Crippen MR) is 72.9 cm³/mol. The fourth-order valence-electron chi connectivity index (χ4n) is 2.00. The number of halogens is 2. The fraction of sp³-hybridized carbons (Fsp3) is 0.0625. The van der Waals surface area contributed by atoms with Crippen LogP contribution < -0.4 is 4.74 Å². The molecule has 1 heterocycles. The van der Waals surface area contributed by atoms with Gasteiger partial charge in [0.15, 0.2) is 0 Å². The third kappa shape index (κ3) is 2.32. The lowest BCUT2D eigenvalue weighted by molar-refractivity contribution is 0.471. The van der Waals surface area contributed by atoms with Crippen LogP contribution in [0.1, 0.15) is 5.69 Å². The number of fused-ring (bicyclic) bond motifs is 1. The molecule has 0 aliphatic heterocycles. The number of rotatable bonds is 2. The monoisotopic (exact) mass is 271 g/mol. The number of pyridine rings is 1. The van der Waals surface area contributed by atoms with Crippen molar-refractivity contribution in [3.8, 4) is 11.5 Å². The van der Waals surface area contributed by atoms with Crippen LogP contribution in [0.4, 0.5) is 8.78 Å². The van der Waals surface area contributed by atoms with E-state index in [1.54, 1.807) is 37.3 Å². The topological polar surface area (TPSA) is 22.1 Å². The van der Waals surface area contributed by atoms with Gasteiger partial charge in [0.2, 0.25) is 0 Å². The molecule has 0 spiro atoms. The number of hydrogen-bond acceptors (Lipinski definition) is 2. The van der Waals surface area contributed by atoms with Gasteiger partial charge in [0.25, 0.3) is 0 Å². The van der Waals surface area contributed by atoms with Crippen molar-refractivity contribution in [3.63, 3.8) is 0 Å². The van der Waals surface area contributed by atoms with Crippen LogP contribution in [0.25, 0.3) is 10.9 Å². The highest BCUT2D eigenvalue weighted by Gasteiger charge is 2.09. The molecule has 1 aromatic heterocycles. The van der Waals surface area contributed by atoms with Crippen molar-refractivity contribution >= 4 is 10.9 Å². The summed E-state index contributed by atoms with van der Waals surface area (Å²) in [6, 6.07) is 12.3. The van der Waals surface area contributed by atoms with E-state index >= 15 is 0 Å². The van der Waals surface area contributed by atoms with Gasteiger partial charge < -0.3 is 4.74 Å². The van der Waals surface area contributed by atoms with Gasteiger partial charge in [-0.1, -0.05) is 18.2 Å². The third-order valence-corrected chi connectivity index (χ3v) is 2.96. The molecule has 0 aliphatic carbocycles. The van der Waals surface area contributed by atoms with Gasteiger partial charge in [0, 0.05) is 11.5 Å². The summed E-state index contributed by atoms with van der Waals surface area (Å²) in [5.41, 5.74) is 0.850. The van der Waals surface area contributed by atoms with Gasteiger partial charge in [-0.05, 0) is 31.2 Å². The predicted octanol–water partition coefficient (Wildman–Crippen LogP) is 4.61. The smallest absolute Gasteiger partial charge is 0.149 e. The zero-order valence-corrected chi connectivity index (χ0v) is 10.7. The summed E-state index contributed by atoms with van der Waals surface area (Å²) in [5.74, 6) is 0.113. The van der Waals surface area contributed by atoms with Crippen molar-refractivity contribution in [2.24, 2.45) is 0 Å². The number of para-hydroxylation sites is 1. The van der Waals surface area contributed by atoms with Crippen LogP contribution in [0.3, 0.4) is 0 Å². The molecule has 0 fully saturated rings. The van der Waals surface area contributed by atoms with E-state index in [-0.39, 0.29) is 11.6 Å². The van der Waals surface area contributed by atoms with Crippen molar-refractivity contribution in [1.29, 1.82) is 0 Å². The number of ether oxygens (including phenoxy) is 1. The van der Waals surface area contributed by atoms with Gasteiger partial charge in [-0.25, -0.2) is 13.8 Å². The summed E-state index contributed by atoms with van der Waals surface area (Å²) >= 11 is 0. The molecule has 0 saturated carbocycles. The number of aromatic nitrogens is 1. The number of hydrogen-bond donors (Lipinski definition) is 0. The molecule has 2 nitrogen and oxygen atoms in total. The lowest BCUT2D eigenvalue weighted by Crippen LogP contribution is -1.93. The standard InChI is InChI=1S/C16H11F2NO/c1-10-15(20-13-6-3-5-12(17)9-13)8-11-4-2-7-14(18)16(11)19-10/h2-9H,1H3. The first-order valence-electron chi connectivity index (χ1n) is 6.13. The molecule has 100 valence electrons. The molecule has 0 aliphatic rings. The molecule has 0 atom stereocenters. The summed E-state index contributed by atoms with van der Waals surface area (Å²) in [6.07, 6.45) is 0. The van der Waals surface area contributed by atoms with Crippen molar-refractivity contribution in [3.05, 3.63) is 65.9 Å². The van der Waals surface area contributed by atoms with Crippen LogP contribution in [-0.2, 0) is 0 Å². The maximum atomic E-state index is 13.6. The van der Waals surface area contributed by atoms with Crippen LogP contribution in [-0.4, -0.2) is 4.98 Å². The van der Waals surface area contributed by atoms with Gasteiger partial charge in [-0.2, -0.15) is 0 Å². The molecule has 0 unspecified atom stereocenters. The highest BCUT2D eigenvalue weighted by atomic mass is 19.1. The number of benzene rings is 2. The van der Waals surface area contributed by atoms with E-state index in [0.717, 1.165) is 0 Å². The molecule has 3 aromatic rings. The highest BCUT2D eigenvalue weighted by molar-refractivity contribution is 5.81. The van der Waals surface area contributed by atoms with Gasteiger partial charge >= 0.3 is 0 Å². The average Bonchev–Trinajstić information content (AvgIpc) is 2.41. The Morgan fingerprint density at radius 1 is 1.00 bits per heavy atom. The number of aryl methyl sites for hydroxylation is 1. The largest absolute Gasteiger partial charge is 0.455 e. The lowest BCUT2D eigenvalue weighted by atomic mass is 10.2. The molecule has 0 radical (unpaired) electrons. The Morgan fingerprint density at radius 3 is 2.60 bits per heavy atom. The zero-order chi connectivity index (χ0) is 14.1. The molecule has 0 bridgehead atoms. The molecule has 2 aromatic carbocycles. The van der Waals surface area contributed by atoms with Gasteiger partial charge in [0.1, 0.15) is 28.7 Å². The quantitative estimate of drug-likeness (QED) is 0.678. The summed E-state index contributed by atoms with van der Waals surface area (Å²) < 4.78 is 32.4. The molecule has 0 saturated heterocycles. The fourth-order valence-corrected chi connectivity index (χ4v) is 2.00. The Kier molecular flexibility index (Phi) is 3.06. The Balaban J connectivity index is 2.06. The van der Waals surface area contributed by atoms with Crippen LogP contribution >= 0.6 is 0 Å². The van der Waals surface area contributed by atoms with Crippen LogP contribution in [0, 0.1) is 18.6 Å². The Labute approximate surface area is 114 Å². The van der Waals surface area contributed by atoms with E-state index in [1.807, 2.05) is 0 Å². The summed E-state index contributed by atoms with van der Waals surface area (Å²) in [4.78, 5) is 4.20. The first kappa shape index (κ1) is 12.5. The van der Waals surface area contributed by atoms with Gasteiger partial charge in [0.05, 0.1) is 5.69 Å². The molecule has 0 N–H and O–H groups in total. The highest BCUT2D eigenvalue weighted by Crippen LogP contribution is 2.28. The molecule has 0 amide bonds. The van der Waals surface area contributed by atoms with E-state index in [9.17, 15) is 8.78 Å². The molecule has 3 rings (SSSR count). The average molecular weight is 271 g/mol. The molecule has 20 heavy (non-hydrogen) atoms. The van der Waals surface area contributed by atoms with E-state index in [1.165, 1.54) is 18.2 Å². The van der Waals surface area contributed by atoms with Crippen LogP contribution in [0.15, 0.2) is 48.5 Å². The third-order valence-electron chi connectivity index (χ3n) is 2.96. The number of nitrogens with zero attached hydrogens (tertiary/aromatic N) is 1. The molecule has 4 heteroatoms. The summed E-state index contributed by atoms with van der Waals surface area (Å²) in [6.45, 7) is 1.72. The summed E-state index contributed by atoms with van der Waals surface area (Å²) in [7, 11) is 0.